The number of nitrogens with two attached hydrogens (primary N) is 3. The molecule has 11 N–H and O–H groups in total. The standard InChI is InChI=1S/C55H67N9O9/c1-37-30-43(71-34-40-20-9-4-10-21-40)31-38(2)44(37)33-48(63-51(67)46(27-17-29-59-53(57)58)64-55(70)73-36-42-24-13-6-14-25-42)52(68)61-45(50(66)62-47(49(56)65)32-39-18-7-3-8-19-39)26-15-16-28-60-54(69)72-35-41-22-11-5-12-23-41/h3-14,18-25,30-31,45-48H,15-17,26-29,32-36H2,1-2H3,(H2,56,65)(H,60,69)(H,61,68)(H,62,66)(H,63,67)(H,64,70)(H4,57,58,59)/t45-,46+,47-,48-/m0/s1. The summed E-state index contributed by atoms with van der Waals surface area (Å²) in [5, 5.41) is 13.8. The van der Waals surface area contributed by atoms with Crippen molar-refractivity contribution in [3.8, 4) is 5.75 Å². The first kappa shape index (κ1) is 55.5. The molecule has 0 bridgehead atoms. The molecule has 73 heavy (non-hydrogen) atoms. The summed E-state index contributed by atoms with van der Waals surface area (Å²) in [5.41, 5.74) is 22.4. The van der Waals surface area contributed by atoms with Gasteiger partial charge in [-0.05, 0) is 97.0 Å². The minimum absolute atomic E-state index is 0.0470. The van der Waals surface area contributed by atoms with Gasteiger partial charge in [0.2, 0.25) is 23.6 Å². The molecule has 6 amide bonds. The van der Waals surface area contributed by atoms with Crippen LogP contribution < -0.4 is 48.5 Å². The van der Waals surface area contributed by atoms with Crippen molar-refractivity contribution in [1.29, 1.82) is 0 Å². The number of hydrogen-bond acceptors (Lipinski definition) is 10. The second-order valence-corrected chi connectivity index (χ2v) is 17.5. The van der Waals surface area contributed by atoms with E-state index in [4.69, 9.17) is 31.4 Å². The number of benzene rings is 5. The van der Waals surface area contributed by atoms with Crippen LogP contribution in [0.3, 0.4) is 0 Å². The van der Waals surface area contributed by atoms with Gasteiger partial charge in [0.05, 0.1) is 0 Å². The average Bonchev–Trinajstić information content (AvgIpc) is 3.38. The van der Waals surface area contributed by atoms with Gasteiger partial charge in [0.15, 0.2) is 5.96 Å². The maximum atomic E-state index is 14.8. The summed E-state index contributed by atoms with van der Waals surface area (Å²) in [6.45, 7) is 4.41. The SMILES string of the molecule is Cc1cc(OCc2ccccc2)cc(C)c1C[C@H](NC(=O)[C@@H](CCCN=C(N)N)NC(=O)OCc1ccccc1)C(=O)N[C@@H](CCCCNC(=O)OCc1ccccc1)C(=O)N[C@@H](Cc1ccccc1)C(N)=O. The van der Waals surface area contributed by atoms with Gasteiger partial charge in [0.25, 0.3) is 0 Å². The van der Waals surface area contributed by atoms with E-state index in [1.165, 1.54) is 0 Å². The van der Waals surface area contributed by atoms with E-state index in [0.717, 1.165) is 38.9 Å². The van der Waals surface area contributed by atoms with E-state index in [0.29, 0.717) is 25.2 Å². The quantitative estimate of drug-likeness (QED) is 0.0186. The second-order valence-electron chi connectivity index (χ2n) is 17.5. The molecule has 5 aromatic carbocycles. The van der Waals surface area contributed by atoms with Crippen LogP contribution in [0.2, 0.25) is 0 Å². The number of unbranched alkanes of at least 4 members (excludes halogenated alkanes) is 1. The normalized spacial score (nSPS) is 12.4. The molecule has 0 fully saturated rings. The smallest absolute Gasteiger partial charge is 0.408 e. The zero-order chi connectivity index (χ0) is 52.4. The summed E-state index contributed by atoms with van der Waals surface area (Å²) < 4.78 is 16.9. The molecule has 0 aliphatic heterocycles. The van der Waals surface area contributed by atoms with Crippen LogP contribution in [0.4, 0.5) is 9.59 Å². The molecular weight excluding hydrogens is 931 g/mol. The lowest BCUT2D eigenvalue weighted by molar-refractivity contribution is -0.133. The number of amides is 6. The van der Waals surface area contributed by atoms with Crippen LogP contribution in [0.1, 0.15) is 71.0 Å². The zero-order valence-corrected chi connectivity index (χ0v) is 41.3. The number of rotatable bonds is 28. The molecule has 0 saturated heterocycles. The van der Waals surface area contributed by atoms with E-state index in [9.17, 15) is 28.8 Å². The van der Waals surface area contributed by atoms with Gasteiger partial charge < -0.3 is 58.0 Å². The largest absolute Gasteiger partial charge is 0.489 e. The highest BCUT2D eigenvalue weighted by molar-refractivity contribution is 5.95. The molecule has 5 rings (SSSR count). The molecule has 0 unspecified atom stereocenters. The molecule has 0 saturated carbocycles. The molecule has 18 nitrogen and oxygen atoms in total. The fraction of sp³-hybridized carbons (Fsp3) is 0.327. The Kier molecular flexibility index (Phi) is 22.6. The van der Waals surface area contributed by atoms with Crippen LogP contribution in [-0.4, -0.2) is 79.0 Å². The number of hydrogen-bond donors (Lipinski definition) is 8. The first-order valence-corrected chi connectivity index (χ1v) is 24.2. The maximum Gasteiger partial charge on any atom is 0.408 e. The highest BCUT2D eigenvalue weighted by Gasteiger charge is 2.32. The number of nitrogens with one attached hydrogen (secondary N) is 5. The molecule has 386 valence electrons. The van der Waals surface area contributed by atoms with E-state index in [1.54, 1.807) is 48.5 Å². The maximum absolute atomic E-state index is 14.8. The highest BCUT2D eigenvalue weighted by Crippen LogP contribution is 2.25. The van der Waals surface area contributed by atoms with Crippen molar-refractivity contribution >= 4 is 41.8 Å². The van der Waals surface area contributed by atoms with E-state index in [1.807, 2.05) is 98.8 Å². The van der Waals surface area contributed by atoms with Crippen molar-refractivity contribution < 1.29 is 43.0 Å². The number of primary amides is 1. The Morgan fingerprint density at radius 3 is 1.49 bits per heavy atom. The molecule has 0 heterocycles. The van der Waals surface area contributed by atoms with Crippen molar-refractivity contribution in [3.63, 3.8) is 0 Å². The number of carbonyl (C=O) groups is 6. The van der Waals surface area contributed by atoms with Crippen molar-refractivity contribution in [2.45, 2.75) is 103 Å². The lowest BCUT2D eigenvalue weighted by Crippen LogP contribution is -2.58. The molecular formula is C55H67N9O9. The van der Waals surface area contributed by atoms with Gasteiger partial charge in [0, 0.05) is 25.9 Å². The minimum atomic E-state index is -1.32. The number of guanidine groups is 1. The van der Waals surface area contributed by atoms with E-state index in [2.05, 4.69) is 31.6 Å². The Morgan fingerprint density at radius 1 is 0.507 bits per heavy atom. The number of ether oxygens (including phenoxy) is 3. The molecule has 0 spiro atoms. The second kappa shape index (κ2) is 29.7. The van der Waals surface area contributed by atoms with E-state index in [-0.39, 0.29) is 64.4 Å². The fourth-order valence-corrected chi connectivity index (χ4v) is 7.79. The lowest BCUT2D eigenvalue weighted by atomic mass is 9.94. The number of aliphatic imine (C=N–C) groups is 1. The van der Waals surface area contributed by atoms with Gasteiger partial charge in [0.1, 0.15) is 49.7 Å². The summed E-state index contributed by atoms with van der Waals surface area (Å²) in [7, 11) is 0. The molecule has 0 aliphatic carbocycles. The highest BCUT2D eigenvalue weighted by atomic mass is 16.6. The van der Waals surface area contributed by atoms with Gasteiger partial charge in [-0.3, -0.25) is 24.2 Å². The van der Waals surface area contributed by atoms with Crippen molar-refractivity contribution in [2.75, 3.05) is 13.1 Å². The Labute approximate surface area is 426 Å². The van der Waals surface area contributed by atoms with E-state index >= 15 is 0 Å². The lowest BCUT2D eigenvalue weighted by Gasteiger charge is -2.27. The molecule has 0 radical (unpaired) electrons. The summed E-state index contributed by atoms with van der Waals surface area (Å²) in [6, 6.07) is 35.7. The molecule has 0 aliphatic rings. The molecule has 5 aromatic rings. The van der Waals surface area contributed by atoms with E-state index < -0.39 is 60.0 Å². The Balaban J connectivity index is 1.39. The number of nitrogens with zero attached hydrogens (tertiary/aromatic N) is 1. The van der Waals surface area contributed by atoms with Gasteiger partial charge in [-0.1, -0.05) is 121 Å². The Bertz CT molecular complexity index is 2560. The van der Waals surface area contributed by atoms with Crippen LogP contribution in [0.15, 0.2) is 138 Å². The van der Waals surface area contributed by atoms with Crippen molar-refractivity contribution in [3.05, 3.63) is 172 Å². The Morgan fingerprint density at radius 2 is 0.959 bits per heavy atom. The predicted octanol–water partition coefficient (Wildman–Crippen LogP) is 5.05. The van der Waals surface area contributed by atoms with Crippen LogP contribution in [0, 0.1) is 13.8 Å². The van der Waals surface area contributed by atoms with Crippen LogP contribution in [0.5, 0.6) is 5.75 Å². The third-order valence-corrected chi connectivity index (χ3v) is 11.7. The molecule has 0 aromatic heterocycles. The first-order valence-electron chi connectivity index (χ1n) is 24.2. The van der Waals surface area contributed by atoms with Crippen LogP contribution in [0.25, 0.3) is 0 Å². The number of aryl methyl sites for hydroxylation is 2. The molecule has 4 atom stereocenters. The topological polar surface area (TPSA) is 281 Å². The first-order chi connectivity index (χ1) is 35.2. The summed E-state index contributed by atoms with van der Waals surface area (Å²) >= 11 is 0. The summed E-state index contributed by atoms with van der Waals surface area (Å²) in [5.74, 6) is -2.48. The molecule has 18 heteroatoms. The van der Waals surface area contributed by atoms with Crippen LogP contribution in [-0.2, 0) is 61.3 Å². The third-order valence-electron chi connectivity index (χ3n) is 11.7. The van der Waals surface area contributed by atoms with Gasteiger partial charge in [-0.2, -0.15) is 0 Å². The Hall–Kier alpha value is -8.41. The average molecular weight is 998 g/mol. The van der Waals surface area contributed by atoms with Gasteiger partial charge in [-0.15, -0.1) is 0 Å². The van der Waals surface area contributed by atoms with Crippen LogP contribution >= 0.6 is 0 Å². The summed E-state index contributed by atoms with van der Waals surface area (Å²) in [6.07, 6.45) is -0.371. The van der Waals surface area contributed by atoms with Gasteiger partial charge >= 0.3 is 12.2 Å². The number of carbonyl (C=O) groups excluding carboxylic acids is 6. The third kappa shape index (κ3) is 20.1. The number of alkyl carbamates (subject to hydrolysis) is 2. The van der Waals surface area contributed by atoms with Gasteiger partial charge in [-0.25, -0.2) is 9.59 Å². The predicted molar refractivity (Wildman–Crippen MR) is 277 cm³/mol. The fourth-order valence-electron chi connectivity index (χ4n) is 7.79. The summed E-state index contributed by atoms with van der Waals surface area (Å²) in [4.78, 5) is 86.0. The zero-order valence-electron chi connectivity index (χ0n) is 41.3. The minimum Gasteiger partial charge on any atom is -0.489 e. The van der Waals surface area contributed by atoms with Crippen molar-refractivity contribution in [2.24, 2.45) is 22.2 Å². The monoisotopic (exact) mass is 998 g/mol. The van der Waals surface area contributed by atoms with Crippen molar-refractivity contribution in [1.82, 2.24) is 26.6 Å².